The fraction of sp³-hybridized carbons (Fsp3) is 0.527. The first-order chi connectivity index (χ1) is 37.8. The van der Waals surface area contributed by atoms with Gasteiger partial charge in [0.15, 0.2) is 6.10 Å². The Morgan fingerprint density at radius 1 is 0.775 bits per heavy atom. The Hall–Kier alpha value is -7.19. The molecular weight excluding hydrogens is 1060 g/mol. The van der Waals surface area contributed by atoms with Crippen molar-refractivity contribution in [2.24, 2.45) is 11.8 Å². The molecule has 0 aliphatic carbocycles. The van der Waals surface area contributed by atoms with E-state index < -0.39 is 137 Å². The maximum Gasteiger partial charge on any atom is 0.397 e. The summed E-state index contributed by atoms with van der Waals surface area (Å²) >= 11 is 0. The summed E-state index contributed by atoms with van der Waals surface area (Å²) in [5.41, 5.74) is 1.82. The van der Waals surface area contributed by atoms with Crippen LogP contribution in [0.25, 0.3) is 0 Å². The van der Waals surface area contributed by atoms with Crippen molar-refractivity contribution >= 4 is 57.7 Å². The maximum absolute atomic E-state index is 15.1. The second-order valence-corrected chi connectivity index (χ2v) is 21.4. The van der Waals surface area contributed by atoms with Crippen molar-refractivity contribution in [3.05, 3.63) is 95.6 Å². The molecule has 80 heavy (non-hydrogen) atoms. The van der Waals surface area contributed by atoms with Crippen LogP contribution in [-0.2, 0) is 81.7 Å². The number of benzene rings is 3. The topological polar surface area (TPSA) is 346 Å². The molecule has 0 radical (unpaired) electrons. The van der Waals surface area contributed by atoms with Crippen LogP contribution < -0.4 is 26.6 Å². The van der Waals surface area contributed by atoms with Crippen molar-refractivity contribution in [1.29, 1.82) is 0 Å². The summed E-state index contributed by atoms with van der Waals surface area (Å²) in [4.78, 5) is 120. The molecule has 2 aliphatic heterocycles. The number of aryl methyl sites for hydroxylation is 2. The number of ether oxygens (including phenoxy) is 2. The second kappa shape index (κ2) is 29.3. The zero-order chi connectivity index (χ0) is 59.0. The Bertz CT molecular complexity index is 2740. The van der Waals surface area contributed by atoms with Gasteiger partial charge in [-0.05, 0) is 98.2 Å². The van der Waals surface area contributed by atoms with Crippen molar-refractivity contribution in [3.8, 4) is 11.5 Å². The van der Waals surface area contributed by atoms with E-state index in [-0.39, 0.29) is 62.9 Å². The summed E-state index contributed by atoms with van der Waals surface area (Å²) in [6.45, 7) is 7.16. The lowest BCUT2D eigenvalue weighted by Crippen LogP contribution is -2.66. The third kappa shape index (κ3) is 17.7. The lowest BCUT2D eigenvalue weighted by atomic mass is 9.91. The van der Waals surface area contributed by atoms with Crippen molar-refractivity contribution in [3.63, 3.8) is 0 Å². The number of aliphatic hydroxyl groups is 1. The van der Waals surface area contributed by atoms with Gasteiger partial charge in [-0.1, -0.05) is 95.1 Å². The van der Waals surface area contributed by atoms with Crippen LogP contribution in [0.15, 0.2) is 78.9 Å². The van der Waals surface area contributed by atoms with E-state index in [2.05, 4.69) is 30.8 Å². The number of piperidine rings is 1. The molecule has 12 atom stereocenters. The average Bonchev–Trinajstić information content (AvgIpc) is 3.44. The molecule has 25 heteroatoms. The Labute approximate surface area is 465 Å². The van der Waals surface area contributed by atoms with Crippen LogP contribution in [0, 0.1) is 11.8 Å². The number of methoxy groups -OCH3 is 1. The zero-order valence-electron chi connectivity index (χ0n) is 45.9. The number of amides is 7. The molecule has 5 rings (SSSR count). The second-order valence-electron chi connectivity index (χ2n) is 20.3. The lowest BCUT2D eigenvalue weighted by Gasteiger charge is -2.44. The summed E-state index contributed by atoms with van der Waals surface area (Å²) < 4.78 is 47.5. The number of phenolic OH excluding ortho intramolecular Hbond substituents is 2. The number of nitrogens with zero attached hydrogens (tertiary/aromatic N) is 2. The van der Waals surface area contributed by atoms with Gasteiger partial charge >= 0.3 is 16.4 Å². The van der Waals surface area contributed by atoms with E-state index in [4.69, 9.17) is 9.47 Å². The van der Waals surface area contributed by atoms with Crippen LogP contribution >= 0.6 is 0 Å². The average molecular weight is 1140 g/mol. The number of fused-ring (bicyclic) bond motifs is 2. The number of nitrogens with one attached hydrogen (secondary N) is 5. The molecule has 0 spiro atoms. The van der Waals surface area contributed by atoms with Crippen molar-refractivity contribution < 1.29 is 80.3 Å². The molecule has 3 aromatic carbocycles. The fourth-order valence-electron chi connectivity index (χ4n) is 9.40. The van der Waals surface area contributed by atoms with E-state index in [0.29, 0.717) is 23.1 Å². The molecule has 2 heterocycles. The third-order valence-corrected chi connectivity index (χ3v) is 15.1. The largest absolute Gasteiger partial charge is 0.508 e. The van der Waals surface area contributed by atoms with Gasteiger partial charge in [-0.3, -0.25) is 38.1 Å². The Morgan fingerprint density at radius 2 is 1.38 bits per heavy atom. The van der Waals surface area contributed by atoms with E-state index in [1.54, 1.807) is 82.3 Å². The number of carbonyl (C=O) groups is 8. The first-order valence-corrected chi connectivity index (χ1v) is 28.0. The predicted octanol–water partition coefficient (Wildman–Crippen LogP) is 1.34. The molecule has 3 aromatic rings. The number of esters is 1. The summed E-state index contributed by atoms with van der Waals surface area (Å²) in [5, 5.41) is 44.7. The smallest absolute Gasteiger partial charge is 0.397 e. The van der Waals surface area contributed by atoms with Gasteiger partial charge in [0, 0.05) is 20.6 Å². The van der Waals surface area contributed by atoms with Gasteiger partial charge in [-0.25, -0.2) is 8.98 Å². The van der Waals surface area contributed by atoms with E-state index in [1.807, 2.05) is 0 Å². The Balaban J connectivity index is 1.64. The number of hydrogen-bond donors (Lipinski definition) is 9. The molecule has 7 amide bonds. The van der Waals surface area contributed by atoms with Crippen LogP contribution in [0.2, 0.25) is 0 Å². The van der Waals surface area contributed by atoms with E-state index >= 15 is 9.59 Å². The van der Waals surface area contributed by atoms with Crippen molar-refractivity contribution in [2.75, 3.05) is 20.8 Å². The number of carbonyl (C=O) groups excluding carboxylic acids is 8. The van der Waals surface area contributed by atoms with Gasteiger partial charge in [0.2, 0.25) is 35.4 Å². The number of rotatable bonds is 20. The fourth-order valence-corrected chi connectivity index (χ4v) is 9.70. The summed E-state index contributed by atoms with van der Waals surface area (Å²) in [6.07, 6.45) is -4.74. The minimum atomic E-state index is -5.06. The van der Waals surface area contributed by atoms with Crippen LogP contribution in [0.3, 0.4) is 0 Å². The molecule has 0 unspecified atom stereocenters. The molecule has 0 saturated carbocycles. The van der Waals surface area contributed by atoms with Crippen molar-refractivity contribution in [2.45, 2.75) is 153 Å². The molecule has 0 aromatic heterocycles. The van der Waals surface area contributed by atoms with Gasteiger partial charge in [0.1, 0.15) is 72.7 Å². The molecule has 2 saturated heterocycles. The number of likely N-dealkylation sites (N-methyl/N-ethyl adjacent to an activating group) is 1. The van der Waals surface area contributed by atoms with Gasteiger partial charge in [0.25, 0.3) is 5.91 Å². The molecule has 2 aliphatic rings. The predicted molar refractivity (Wildman–Crippen MR) is 288 cm³/mol. The number of aromatic hydroxyl groups is 2. The highest BCUT2D eigenvalue weighted by atomic mass is 32.3. The Morgan fingerprint density at radius 3 is 1.95 bits per heavy atom. The van der Waals surface area contributed by atoms with Crippen LogP contribution in [0.4, 0.5) is 0 Å². The first kappa shape index (κ1) is 63.6. The summed E-state index contributed by atoms with van der Waals surface area (Å²) in [6, 6.07) is 10.1. The molecule has 9 N–H and O–H groups in total. The maximum atomic E-state index is 15.1. The zero-order valence-corrected chi connectivity index (χ0v) is 46.7. The number of aliphatic hydroxyl groups excluding tert-OH is 1. The highest BCUT2D eigenvalue weighted by Crippen LogP contribution is 2.28. The molecule has 24 nitrogen and oxygen atoms in total. The highest BCUT2D eigenvalue weighted by molar-refractivity contribution is 7.80. The van der Waals surface area contributed by atoms with Gasteiger partial charge in [-0.2, -0.15) is 8.42 Å². The molecule has 2 fully saturated rings. The SMILES string of the molecule is CC[C@@H](C)[C@H]1NC(=O)[C@@H](Cc2ccccc2)N(C)C(=O)[C@@H]([C@H](C)CC)N2C(=O)[C@H](CC[C@H]2O)NC(=O)[C@H](CCc2ccc(O)cc2)NC(=O)[C@@H](NC(=O)[C@H](CCc2ccc(O)cc2)NC(=O)[C@H](COS(=O)(=O)O)OC)[C@@H](C)OC1=O. The molecular formula is C55H75N7O17S. The molecule has 438 valence electrons. The van der Waals surface area contributed by atoms with Crippen LogP contribution in [-0.4, -0.2) is 167 Å². The summed E-state index contributed by atoms with van der Waals surface area (Å²) in [5.74, 6) is -8.92. The van der Waals surface area contributed by atoms with Crippen LogP contribution in [0.1, 0.15) is 89.8 Å². The molecule has 2 bridgehead atoms. The minimum absolute atomic E-state index is 0.0414. The number of phenols is 2. The van der Waals surface area contributed by atoms with Crippen molar-refractivity contribution in [1.82, 2.24) is 36.4 Å². The third-order valence-electron chi connectivity index (χ3n) is 14.7. The minimum Gasteiger partial charge on any atom is -0.508 e. The monoisotopic (exact) mass is 1140 g/mol. The van der Waals surface area contributed by atoms with E-state index in [9.17, 15) is 57.1 Å². The quantitative estimate of drug-likeness (QED) is 0.0569. The Kier molecular flexibility index (Phi) is 23.3. The summed E-state index contributed by atoms with van der Waals surface area (Å²) in [7, 11) is -2.64. The van der Waals surface area contributed by atoms with E-state index in [0.717, 1.165) is 12.0 Å². The van der Waals surface area contributed by atoms with Gasteiger partial charge in [-0.15, -0.1) is 0 Å². The lowest BCUT2D eigenvalue weighted by molar-refractivity contribution is -0.168. The normalized spacial score (nSPS) is 24.3. The van der Waals surface area contributed by atoms with Gasteiger partial charge in [0.05, 0.1) is 0 Å². The van der Waals surface area contributed by atoms with Gasteiger partial charge < -0.3 is 61.2 Å². The number of hydrogen-bond acceptors (Lipinski definition) is 16. The van der Waals surface area contributed by atoms with Crippen LogP contribution in [0.5, 0.6) is 11.5 Å². The standard InChI is InChI=1S/C55H75N7O17S/c1-8-31(3)45-55(73)79-33(5)46(60-49(67)40(26-20-35-17-23-38(64)24-18-35)56-51(69)43(77-7)30-78-80(74,75)76)52(70)57-39(25-19-34-15-21-37(63)22-16-34)48(66)58-41-27-28-44(65)62(53(41)71)47(32(4)9-2)54(72)61(6)42(50(68)59-45)29-36-13-11-10-12-14-36/h10-18,21-24,31-33,39-47,63-65H,8-9,19-20,25-30H2,1-7H3,(H,56,69)(H,57,70)(H,58,66)(H,59,68)(H,60,67)(H,74,75,76)/t31-,32-,33-,39+,40+,41+,42-,43+,44-,45-,46+,47-/m1/s1. The highest BCUT2D eigenvalue weighted by Gasteiger charge is 2.47. The first-order valence-electron chi connectivity index (χ1n) is 26.6. The number of cyclic esters (lactones) is 1. The van der Waals surface area contributed by atoms with E-state index in [1.165, 1.54) is 43.1 Å².